The van der Waals surface area contributed by atoms with E-state index in [2.05, 4.69) is 17.4 Å². The van der Waals surface area contributed by atoms with Crippen LogP contribution in [0.2, 0.25) is 0 Å². The van der Waals surface area contributed by atoms with E-state index in [1.807, 2.05) is 6.07 Å². The zero-order chi connectivity index (χ0) is 14.5. The van der Waals surface area contributed by atoms with Crippen molar-refractivity contribution < 1.29 is 14.2 Å². The third-order valence-corrected chi connectivity index (χ3v) is 4.36. The van der Waals surface area contributed by atoms with Crippen LogP contribution < -0.4 is 14.8 Å². The quantitative estimate of drug-likeness (QED) is 0.926. The number of rotatable bonds is 4. The van der Waals surface area contributed by atoms with Crippen molar-refractivity contribution >= 4 is 0 Å². The Morgan fingerprint density at radius 2 is 2.19 bits per heavy atom. The minimum absolute atomic E-state index is 0.146. The van der Waals surface area contributed by atoms with Gasteiger partial charge in [0, 0.05) is 24.6 Å². The summed E-state index contributed by atoms with van der Waals surface area (Å²) in [6.07, 6.45) is 4.69. The van der Waals surface area contributed by atoms with Crippen molar-refractivity contribution in [3.05, 3.63) is 23.8 Å². The number of piperidine rings is 1. The van der Waals surface area contributed by atoms with Crippen LogP contribution >= 0.6 is 0 Å². The Kier molecular flexibility index (Phi) is 4.99. The Bertz CT molecular complexity index is 451. The average molecular weight is 291 g/mol. The van der Waals surface area contributed by atoms with E-state index in [-0.39, 0.29) is 6.10 Å². The standard InChI is InChI=1S/C17H25NO3/c1-19-17-15(13-5-3-9-18-11-13)7-2-8-16(17)21-14-6-4-10-20-12-14/h2,7-8,13-14,18H,3-6,9-12H2,1H3. The predicted molar refractivity (Wildman–Crippen MR) is 82.3 cm³/mol. The maximum Gasteiger partial charge on any atom is 0.164 e. The molecule has 2 saturated heterocycles. The van der Waals surface area contributed by atoms with Crippen LogP contribution in [0.4, 0.5) is 0 Å². The third-order valence-electron chi connectivity index (χ3n) is 4.36. The minimum atomic E-state index is 0.146. The predicted octanol–water partition coefficient (Wildman–Crippen LogP) is 2.72. The van der Waals surface area contributed by atoms with E-state index in [9.17, 15) is 0 Å². The molecule has 2 aliphatic heterocycles. The largest absolute Gasteiger partial charge is 0.493 e. The van der Waals surface area contributed by atoms with Crippen molar-refractivity contribution in [2.45, 2.75) is 37.7 Å². The lowest BCUT2D eigenvalue weighted by Gasteiger charge is -2.28. The Morgan fingerprint density at radius 1 is 1.24 bits per heavy atom. The third kappa shape index (κ3) is 3.50. The summed E-state index contributed by atoms with van der Waals surface area (Å²) in [5.74, 6) is 2.27. The molecule has 3 rings (SSSR count). The van der Waals surface area contributed by atoms with Gasteiger partial charge in [0.25, 0.3) is 0 Å². The minimum Gasteiger partial charge on any atom is -0.493 e. The van der Waals surface area contributed by atoms with Gasteiger partial charge in [-0.3, -0.25) is 0 Å². The summed E-state index contributed by atoms with van der Waals surface area (Å²) in [5, 5.41) is 3.47. The summed E-state index contributed by atoms with van der Waals surface area (Å²) < 4.78 is 17.3. The summed E-state index contributed by atoms with van der Waals surface area (Å²) in [7, 11) is 1.74. The average Bonchev–Trinajstić information content (AvgIpc) is 2.56. The molecule has 1 aromatic rings. The number of nitrogens with one attached hydrogen (secondary N) is 1. The highest BCUT2D eigenvalue weighted by molar-refractivity contribution is 5.48. The fourth-order valence-electron chi connectivity index (χ4n) is 3.27. The summed E-state index contributed by atoms with van der Waals surface area (Å²) in [6.45, 7) is 3.67. The molecule has 0 radical (unpaired) electrons. The second-order valence-corrected chi connectivity index (χ2v) is 5.88. The van der Waals surface area contributed by atoms with E-state index < -0.39 is 0 Å². The van der Waals surface area contributed by atoms with Gasteiger partial charge in [0.2, 0.25) is 0 Å². The molecule has 116 valence electrons. The van der Waals surface area contributed by atoms with E-state index >= 15 is 0 Å². The van der Waals surface area contributed by atoms with Crippen LogP contribution in [0.1, 0.15) is 37.2 Å². The highest BCUT2D eigenvalue weighted by atomic mass is 16.5. The van der Waals surface area contributed by atoms with Crippen molar-refractivity contribution in [2.24, 2.45) is 0 Å². The van der Waals surface area contributed by atoms with Crippen molar-refractivity contribution in [1.82, 2.24) is 5.32 Å². The Hall–Kier alpha value is -1.26. The van der Waals surface area contributed by atoms with Crippen molar-refractivity contribution in [1.29, 1.82) is 0 Å². The van der Waals surface area contributed by atoms with Gasteiger partial charge in [-0.05, 0) is 38.3 Å². The van der Waals surface area contributed by atoms with E-state index in [1.165, 1.54) is 18.4 Å². The second-order valence-electron chi connectivity index (χ2n) is 5.88. The van der Waals surface area contributed by atoms with Crippen LogP contribution in [0, 0.1) is 0 Å². The number of para-hydroxylation sites is 1. The molecule has 2 heterocycles. The fourth-order valence-corrected chi connectivity index (χ4v) is 3.27. The molecular weight excluding hydrogens is 266 g/mol. The first-order valence-corrected chi connectivity index (χ1v) is 8.00. The van der Waals surface area contributed by atoms with E-state index in [1.54, 1.807) is 7.11 Å². The lowest BCUT2D eigenvalue weighted by atomic mass is 9.91. The van der Waals surface area contributed by atoms with Crippen LogP contribution in [0.15, 0.2) is 18.2 Å². The molecule has 2 fully saturated rings. The molecule has 1 aromatic carbocycles. The zero-order valence-electron chi connectivity index (χ0n) is 12.8. The maximum absolute atomic E-state index is 6.14. The normalized spacial score (nSPS) is 26.3. The van der Waals surface area contributed by atoms with E-state index in [0.29, 0.717) is 12.5 Å². The molecular formula is C17H25NO3. The number of methoxy groups -OCH3 is 1. The molecule has 21 heavy (non-hydrogen) atoms. The SMILES string of the molecule is COc1c(OC2CCCOC2)cccc1C1CCCNC1. The smallest absolute Gasteiger partial charge is 0.164 e. The summed E-state index contributed by atoms with van der Waals surface area (Å²) >= 11 is 0. The zero-order valence-corrected chi connectivity index (χ0v) is 12.8. The van der Waals surface area contributed by atoms with Gasteiger partial charge >= 0.3 is 0 Å². The number of hydrogen-bond donors (Lipinski definition) is 1. The fraction of sp³-hybridized carbons (Fsp3) is 0.647. The molecule has 0 bridgehead atoms. The lowest BCUT2D eigenvalue weighted by molar-refractivity contribution is 0.00637. The van der Waals surface area contributed by atoms with Gasteiger partial charge in [-0.1, -0.05) is 12.1 Å². The van der Waals surface area contributed by atoms with Gasteiger partial charge in [0.05, 0.1) is 13.7 Å². The lowest BCUT2D eigenvalue weighted by Crippen LogP contribution is -2.29. The molecule has 2 atom stereocenters. The van der Waals surface area contributed by atoms with Crippen molar-refractivity contribution in [2.75, 3.05) is 33.4 Å². The van der Waals surface area contributed by atoms with Crippen LogP contribution in [-0.4, -0.2) is 39.5 Å². The number of ether oxygens (including phenoxy) is 3. The molecule has 0 aliphatic carbocycles. The molecule has 0 spiro atoms. The summed E-state index contributed by atoms with van der Waals surface area (Å²) in [5.41, 5.74) is 1.26. The Labute approximate surface area is 126 Å². The van der Waals surface area contributed by atoms with Crippen LogP contribution in [0.25, 0.3) is 0 Å². The molecule has 1 N–H and O–H groups in total. The van der Waals surface area contributed by atoms with Gasteiger partial charge < -0.3 is 19.5 Å². The topological polar surface area (TPSA) is 39.7 Å². The first-order valence-electron chi connectivity index (χ1n) is 8.00. The first kappa shape index (κ1) is 14.7. The first-order chi connectivity index (χ1) is 10.4. The van der Waals surface area contributed by atoms with Crippen LogP contribution in [-0.2, 0) is 4.74 Å². The van der Waals surface area contributed by atoms with Gasteiger partial charge in [0.1, 0.15) is 6.10 Å². The molecule has 4 heteroatoms. The van der Waals surface area contributed by atoms with Crippen molar-refractivity contribution in [3.63, 3.8) is 0 Å². The van der Waals surface area contributed by atoms with Gasteiger partial charge in [-0.25, -0.2) is 0 Å². The molecule has 2 unspecified atom stereocenters. The number of benzene rings is 1. The molecule has 0 amide bonds. The second kappa shape index (κ2) is 7.14. The highest BCUT2D eigenvalue weighted by Gasteiger charge is 2.23. The number of hydrogen-bond acceptors (Lipinski definition) is 4. The van der Waals surface area contributed by atoms with Crippen molar-refractivity contribution in [3.8, 4) is 11.5 Å². The van der Waals surface area contributed by atoms with Gasteiger partial charge in [0.15, 0.2) is 11.5 Å². The molecule has 4 nitrogen and oxygen atoms in total. The monoisotopic (exact) mass is 291 g/mol. The van der Waals surface area contributed by atoms with Gasteiger partial charge in [-0.2, -0.15) is 0 Å². The molecule has 0 aromatic heterocycles. The Balaban J connectivity index is 1.79. The molecule has 0 saturated carbocycles. The summed E-state index contributed by atoms with van der Waals surface area (Å²) in [6, 6.07) is 6.25. The van der Waals surface area contributed by atoms with E-state index in [0.717, 1.165) is 44.0 Å². The van der Waals surface area contributed by atoms with Crippen LogP contribution in [0.5, 0.6) is 11.5 Å². The summed E-state index contributed by atoms with van der Waals surface area (Å²) in [4.78, 5) is 0. The Morgan fingerprint density at radius 3 is 2.90 bits per heavy atom. The highest BCUT2D eigenvalue weighted by Crippen LogP contribution is 2.38. The maximum atomic E-state index is 6.14. The molecule has 2 aliphatic rings. The van der Waals surface area contributed by atoms with E-state index in [4.69, 9.17) is 14.2 Å². The van der Waals surface area contributed by atoms with Gasteiger partial charge in [-0.15, -0.1) is 0 Å². The van der Waals surface area contributed by atoms with Crippen LogP contribution in [0.3, 0.4) is 0 Å².